The van der Waals surface area contributed by atoms with Crippen LogP contribution in [0.3, 0.4) is 0 Å². The molecule has 0 saturated heterocycles. The van der Waals surface area contributed by atoms with E-state index in [-0.39, 0.29) is 22.9 Å². The van der Waals surface area contributed by atoms with Crippen LogP contribution in [0.2, 0.25) is 0 Å². The number of ketones is 2. The summed E-state index contributed by atoms with van der Waals surface area (Å²) < 4.78 is 16.4. The molecule has 0 atom stereocenters. The average molecular weight is 467 g/mol. The van der Waals surface area contributed by atoms with Gasteiger partial charge >= 0.3 is 0 Å². The Labute approximate surface area is 201 Å². The van der Waals surface area contributed by atoms with Crippen LogP contribution in [0.1, 0.15) is 53.7 Å². The molecule has 0 fully saturated rings. The highest BCUT2D eigenvalue weighted by Crippen LogP contribution is 2.30. The van der Waals surface area contributed by atoms with E-state index in [9.17, 15) is 14.4 Å². The Balaban J connectivity index is 1.35. The second-order valence-corrected chi connectivity index (χ2v) is 8.04. The molecule has 1 aliphatic rings. The minimum absolute atomic E-state index is 0.118. The number of carbonyl (C=O) groups is 3. The molecule has 0 saturated carbocycles. The lowest BCUT2D eigenvalue weighted by Crippen LogP contribution is -2.21. The molecule has 1 heterocycles. The van der Waals surface area contributed by atoms with Crippen molar-refractivity contribution in [2.45, 2.75) is 6.42 Å². The summed E-state index contributed by atoms with van der Waals surface area (Å²) in [6.45, 7) is 0. The third-order valence-corrected chi connectivity index (χ3v) is 5.92. The maximum atomic E-state index is 12.9. The Kier molecular flexibility index (Phi) is 5.66. The number of furan rings is 1. The van der Waals surface area contributed by atoms with Crippen LogP contribution in [0, 0.1) is 0 Å². The first-order valence-corrected chi connectivity index (χ1v) is 10.9. The van der Waals surface area contributed by atoms with E-state index in [1.54, 1.807) is 68.8 Å². The number of methoxy groups -OCH3 is 2. The fourth-order valence-electron chi connectivity index (χ4n) is 4.17. The predicted molar refractivity (Wildman–Crippen MR) is 129 cm³/mol. The Morgan fingerprint density at radius 2 is 1.51 bits per heavy atom. The lowest BCUT2D eigenvalue weighted by Gasteiger charge is -2.18. The molecule has 174 valence electrons. The molecule has 0 spiro atoms. The van der Waals surface area contributed by atoms with Crippen LogP contribution >= 0.6 is 0 Å². The highest BCUT2D eigenvalue weighted by Gasteiger charge is 2.29. The van der Waals surface area contributed by atoms with Crippen molar-refractivity contribution in [1.82, 2.24) is 0 Å². The average Bonchev–Trinajstić information content (AvgIpc) is 3.36. The van der Waals surface area contributed by atoms with Crippen molar-refractivity contribution < 1.29 is 28.3 Å². The first-order chi connectivity index (χ1) is 17.0. The SMILES string of the molecule is COc1ccc(OC)c(Cc2ccc(C(=O)Nc3ccc4c(c3)C(=O)c3ccccc3C4=O)o2)c1. The van der Waals surface area contributed by atoms with Gasteiger partial charge in [-0.05, 0) is 48.5 Å². The number of rotatable bonds is 6. The van der Waals surface area contributed by atoms with Crippen molar-refractivity contribution in [3.05, 3.63) is 112 Å². The van der Waals surface area contributed by atoms with Crippen molar-refractivity contribution in [2.24, 2.45) is 0 Å². The number of anilines is 1. The van der Waals surface area contributed by atoms with E-state index in [0.717, 1.165) is 5.56 Å². The summed E-state index contributed by atoms with van der Waals surface area (Å²) >= 11 is 0. The summed E-state index contributed by atoms with van der Waals surface area (Å²) in [5.41, 5.74) is 2.57. The molecule has 0 radical (unpaired) electrons. The zero-order valence-electron chi connectivity index (χ0n) is 19.1. The number of carbonyl (C=O) groups excluding carboxylic acids is 3. The van der Waals surface area contributed by atoms with Crippen LogP contribution in [-0.2, 0) is 6.42 Å². The first kappa shape index (κ1) is 22.2. The molecule has 1 aromatic heterocycles. The Hall–Kier alpha value is -4.65. The number of ether oxygens (including phenoxy) is 2. The quantitative estimate of drug-likeness (QED) is 0.381. The van der Waals surface area contributed by atoms with Crippen molar-refractivity contribution in [2.75, 3.05) is 19.5 Å². The van der Waals surface area contributed by atoms with Crippen molar-refractivity contribution in [1.29, 1.82) is 0 Å². The normalized spacial score (nSPS) is 12.1. The molecule has 1 N–H and O–H groups in total. The van der Waals surface area contributed by atoms with E-state index >= 15 is 0 Å². The Morgan fingerprint density at radius 3 is 2.23 bits per heavy atom. The minimum atomic E-state index is -0.469. The van der Waals surface area contributed by atoms with Gasteiger partial charge in [0.2, 0.25) is 0 Å². The summed E-state index contributed by atoms with van der Waals surface area (Å²) in [4.78, 5) is 38.5. The fourth-order valence-corrected chi connectivity index (χ4v) is 4.17. The van der Waals surface area contributed by atoms with Gasteiger partial charge in [-0.3, -0.25) is 14.4 Å². The van der Waals surface area contributed by atoms with Crippen molar-refractivity contribution in [3.63, 3.8) is 0 Å². The molecule has 5 rings (SSSR count). The molecule has 35 heavy (non-hydrogen) atoms. The number of hydrogen-bond acceptors (Lipinski definition) is 6. The van der Waals surface area contributed by atoms with Gasteiger partial charge in [0.25, 0.3) is 5.91 Å². The standard InChI is InChI=1S/C28H21NO6/c1-33-18-8-11-24(34-2)16(13-18)14-19-9-12-25(35-19)28(32)29-17-7-10-22-23(15-17)27(31)21-6-4-3-5-20(21)26(22)30/h3-13,15H,14H2,1-2H3,(H,29,32). The van der Waals surface area contributed by atoms with Gasteiger partial charge in [-0.1, -0.05) is 24.3 Å². The molecule has 1 amide bonds. The topological polar surface area (TPSA) is 94.8 Å². The Bertz CT molecular complexity index is 1480. The lowest BCUT2D eigenvalue weighted by atomic mass is 9.84. The lowest BCUT2D eigenvalue weighted by molar-refractivity contribution is 0.0979. The van der Waals surface area contributed by atoms with Crippen LogP contribution in [-0.4, -0.2) is 31.7 Å². The molecule has 4 aromatic rings. The first-order valence-electron chi connectivity index (χ1n) is 10.9. The van der Waals surface area contributed by atoms with Gasteiger partial charge in [-0.25, -0.2) is 0 Å². The Morgan fingerprint density at radius 1 is 0.800 bits per heavy atom. The van der Waals surface area contributed by atoms with E-state index in [0.29, 0.717) is 46.1 Å². The van der Waals surface area contributed by atoms with Gasteiger partial charge in [0, 0.05) is 39.9 Å². The fraction of sp³-hybridized carbons (Fsp3) is 0.107. The van der Waals surface area contributed by atoms with Crippen LogP contribution < -0.4 is 14.8 Å². The molecule has 3 aromatic carbocycles. The molecule has 1 aliphatic carbocycles. The number of hydrogen-bond donors (Lipinski definition) is 1. The zero-order chi connectivity index (χ0) is 24.5. The monoisotopic (exact) mass is 467 g/mol. The smallest absolute Gasteiger partial charge is 0.291 e. The summed E-state index contributed by atoms with van der Waals surface area (Å²) in [5.74, 6) is 1.13. The maximum Gasteiger partial charge on any atom is 0.291 e. The van der Waals surface area contributed by atoms with Gasteiger partial charge in [-0.15, -0.1) is 0 Å². The van der Waals surface area contributed by atoms with Crippen LogP contribution in [0.4, 0.5) is 5.69 Å². The van der Waals surface area contributed by atoms with E-state index in [2.05, 4.69) is 5.32 Å². The summed E-state index contributed by atoms with van der Waals surface area (Å²) in [6, 6.07) is 20.2. The third-order valence-electron chi connectivity index (χ3n) is 5.92. The molecular weight excluding hydrogens is 446 g/mol. The molecule has 0 bridgehead atoms. The number of amides is 1. The van der Waals surface area contributed by atoms with E-state index in [4.69, 9.17) is 13.9 Å². The summed E-state index contributed by atoms with van der Waals surface area (Å²) in [7, 11) is 3.17. The number of nitrogens with one attached hydrogen (secondary N) is 1. The molecular formula is C28H21NO6. The highest BCUT2D eigenvalue weighted by molar-refractivity contribution is 6.28. The number of fused-ring (bicyclic) bond motifs is 2. The van der Waals surface area contributed by atoms with E-state index in [1.165, 1.54) is 6.07 Å². The second-order valence-electron chi connectivity index (χ2n) is 8.04. The van der Waals surface area contributed by atoms with Gasteiger partial charge in [0.15, 0.2) is 17.3 Å². The van der Waals surface area contributed by atoms with Gasteiger partial charge < -0.3 is 19.2 Å². The van der Waals surface area contributed by atoms with Crippen molar-refractivity contribution in [3.8, 4) is 11.5 Å². The van der Waals surface area contributed by atoms with Crippen LogP contribution in [0.15, 0.2) is 77.2 Å². The highest BCUT2D eigenvalue weighted by atomic mass is 16.5. The van der Waals surface area contributed by atoms with Crippen LogP contribution in [0.5, 0.6) is 11.5 Å². The summed E-state index contributed by atoms with van der Waals surface area (Å²) in [6.07, 6.45) is 0.405. The van der Waals surface area contributed by atoms with Gasteiger partial charge in [0.05, 0.1) is 14.2 Å². The maximum absolute atomic E-state index is 12.9. The molecule has 7 heteroatoms. The zero-order valence-corrected chi connectivity index (χ0v) is 19.1. The predicted octanol–water partition coefficient (Wildman–Crippen LogP) is 4.92. The molecule has 0 aliphatic heterocycles. The second kappa shape index (κ2) is 8.95. The summed E-state index contributed by atoms with van der Waals surface area (Å²) in [5, 5.41) is 2.74. The van der Waals surface area contributed by atoms with E-state index in [1.807, 2.05) is 12.1 Å². The third kappa shape index (κ3) is 4.08. The largest absolute Gasteiger partial charge is 0.497 e. The van der Waals surface area contributed by atoms with Gasteiger partial charge in [-0.2, -0.15) is 0 Å². The van der Waals surface area contributed by atoms with Gasteiger partial charge in [0.1, 0.15) is 17.3 Å². The molecule has 7 nitrogen and oxygen atoms in total. The minimum Gasteiger partial charge on any atom is -0.497 e. The molecule has 0 unspecified atom stereocenters. The van der Waals surface area contributed by atoms with Crippen LogP contribution in [0.25, 0.3) is 0 Å². The van der Waals surface area contributed by atoms with Crippen molar-refractivity contribution >= 4 is 23.2 Å². The number of benzene rings is 3. The van der Waals surface area contributed by atoms with E-state index < -0.39 is 5.91 Å².